The van der Waals surface area contributed by atoms with Gasteiger partial charge >= 0.3 is 0 Å². The highest BCUT2D eigenvalue weighted by molar-refractivity contribution is 5.33. The number of allylic oxidation sites excluding steroid dienone is 3. The summed E-state index contributed by atoms with van der Waals surface area (Å²) in [5, 5.41) is 3.59. The van der Waals surface area contributed by atoms with E-state index in [1.54, 1.807) is 0 Å². The van der Waals surface area contributed by atoms with Crippen LogP contribution in [-0.4, -0.2) is 31.1 Å². The highest BCUT2D eigenvalue weighted by Crippen LogP contribution is 2.38. The summed E-state index contributed by atoms with van der Waals surface area (Å²) in [6.45, 7) is 17.3. The fourth-order valence-corrected chi connectivity index (χ4v) is 3.43. The van der Waals surface area contributed by atoms with Crippen LogP contribution in [0.5, 0.6) is 0 Å². The van der Waals surface area contributed by atoms with Gasteiger partial charge in [-0.25, -0.2) is 0 Å². The summed E-state index contributed by atoms with van der Waals surface area (Å²) in [4.78, 5) is 2.26. The van der Waals surface area contributed by atoms with Crippen molar-refractivity contribution in [1.82, 2.24) is 10.2 Å². The Kier molecular flexibility index (Phi) is 6.67. The zero-order chi connectivity index (χ0) is 16.9. The van der Waals surface area contributed by atoms with E-state index in [-0.39, 0.29) is 17.5 Å². The molecule has 0 heterocycles. The summed E-state index contributed by atoms with van der Waals surface area (Å²) in [5.74, 6) is 0.494. The molecule has 1 aliphatic rings. The molecule has 0 aliphatic heterocycles. The molecule has 1 aliphatic carbocycles. The Morgan fingerprint density at radius 2 is 1.95 bits per heavy atom. The lowest BCUT2D eigenvalue weighted by Crippen LogP contribution is -2.48. The SMILES string of the molecule is C=CC(NC(=C)C(N(C)C)C(C)(C)C1=CCCC=C1)C(C)C. The highest BCUT2D eigenvalue weighted by Gasteiger charge is 2.36. The molecule has 2 heteroatoms. The lowest BCUT2D eigenvalue weighted by atomic mass is 9.73. The van der Waals surface area contributed by atoms with Crippen LogP contribution in [0, 0.1) is 11.3 Å². The largest absolute Gasteiger partial charge is 0.381 e. The molecule has 0 saturated heterocycles. The predicted molar refractivity (Wildman–Crippen MR) is 98.8 cm³/mol. The van der Waals surface area contributed by atoms with Gasteiger partial charge in [0.15, 0.2) is 0 Å². The van der Waals surface area contributed by atoms with Gasteiger partial charge in [0.1, 0.15) is 0 Å². The number of hydrogen-bond acceptors (Lipinski definition) is 2. The molecule has 0 aromatic carbocycles. The van der Waals surface area contributed by atoms with Crippen LogP contribution in [-0.2, 0) is 0 Å². The second kappa shape index (κ2) is 7.82. The van der Waals surface area contributed by atoms with Gasteiger partial charge in [0.25, 0.3) is 0 Å². The molecule has 2 atom stereocenters. The van der Waals surface area contributed by atoms with Gasteiger partial charge in [-0.15, -0.1) is 6.58 Å². The number of likely N-dealkylation sites (N-methyl/N-ethyl adjacent to an activating group) is 1. The first-order chi connectivity index (χ1) is 10.2. The van der Waals surface area contributed by atoms with Crippen molar-refractivity contribution in [2.24, 2.45) is 11.3 Å². The average molecular weight is 303 g/mol. The lowest BCUT2D eigenvalue weighted by molar-refractivity contribution is 0.191. The van der Waals surface area contributed by atoms with E-state index < -0.39 is 0 Å². The van der Waals surface area contributed by atoms with E-state index in [9.17, 15) is 0 Å². The number of rotatable bonds is 8. The van der Waals surface area contributed by atoms with E-state index in [4.69, 9.17) is 0 Å². The maximum atomic E-state index is 4.36. The molecule has 2 nitrogen and oxygen atoms in total. The predicted octanol–water partition coefficient (Wildman–Crippen LogP) is 4.53. The molecule has 2 unspecified atom stereocenters. The second-order valence-electron chi connectivity index (χ2n) is 7.40. The van der Waals surface area contributed by atoms with Crippen LogP contribution in [0.2, 0.25) is 0 Å². The smallest absolute Gasteiger partial charge is 0.0576 e. The van der Waals surface area contributed by atoms with Gasteiger partial charge in [0, 0.05) is 17.2 Å². The molecule has 0 aromatic heterocycles. The monoisotopic (exact) mass is 302 g/mol. The molecule has 1 N–H and O–H groups in total. The number of nitrogens with one attached hydrogen (secondary N) is 1. The minimum absolute atomic E-state index is 0.00715. The van der Waals surface area contributed by atoms with Crippen LogP contribution in [0.15, 0.2) is 48.7 Å². The van der Waals surface area contributed by atoms with Gasteiger partial charge in [-0.3, -0.25) is 0 Å². The lowest BCUT2D eigenvalue weighted by Gasteiger charge is -2.42. The van der Waals surface area contributed by atoms with Gasteiger partial charge < -0.3 is 10.2 Å². The van der Waals surface area contributed by atoms with Crippen LogP contribution >= 0.6 is 0 Å². The Bertz CT molecular complexity index is 452. The zero-order valence-electron chi connectivity index (χ0n) is 15.3. The molecule has 0 aromatic rings. The molecule has 124 valence electrons. The minimum Gasteiger partial charge on any atom is -0.381 e. The van der Waals surface area contributed by atoms with Crippen LogP contribution in [0.3, 0.4) is 0 Å². The van der Waals surface area contributed by atoms with Crippen LogP contribution in [0.25, 0.3) is 0 Å². The van der Waals surface area contributed by atoms with Crippen molar-refractivity contribution in [2.75, 3.05) is 14.1 Å². The summed E-state index contributed by atoms with van der Waals surface area (Å²) in [5.41, 5.74) is 2.47. The van der Waals surface area contributed by atoms with Gasteiger partial charge in [-0.1, -0.05) is 58.6 Å². The fraction of sp³-hybridized carbons (Fsp3) is 0.600. The van der Waals surface area contributed by atoms with E-state index in [0.29, 0.717) is 5.92 Å². The molecule has 0 radical (unpaired) electrons. The van der Waals surface area contributed by atoms with Crippen molar-refractivity contribution in [3.63, 3.8) is 0 Å². The molecule has 0 fully saturated rings. The van der Waals surface area contributed by atoms with Crippen molar-refractivity contribution >= 4 is 0 Å². The van der Waals surface area contributed by atoms with Crippen LogP contribution in [0.1, 0.15) is 40.5 Å². The summed E-state index contributed by atoms with van der Waals surface area (Å²) in [7, 11) is 4.26. The Balaban J connectivity index is 3.01. The van der Waals surface area contributed by atoms with Gasteiger partial charge in [-0.2, -0.15) is 0 Å². The van der Waals surface area contributed by atoms with Crippen LogP contribution in [0.4, 0.5) is 0 Å². The molecular formula is C20H34N2. The van der Waals surface area contributed by atoms with E-state index in [1.807, 2.05) is 6.08 Å². The second-order valence-corrected chi connectivity index (χ2v) is 7.40. The summed E-state index contributed by atoms with van der Waals surface area (Å²) in [6, 6.07) is 0.476. The topological polar surface area (TPSA) is 15.3 Å². The molecule has 0 amide bonds. The Morgan fingerprint density at radius 1 is 1.32 bits per heavy atom. The summed E-state index contributed by atoms with van der Waals surface area (Å²) >= 11 is 0. The van der Waals surface area contributed by atoms with Gasteiger partial charge in [0.05, 0.1) is 6.04 Å². The molecular weight excluding hydrogens is 268 g/mol. The Morgan fingerprint density at radius 3 is 2.36 bits per heavy atom. The summed E-state index contributed by atoms with van der Waals surface area (Å²) < 4.78 is 0. The number of nitrogens with zero attached hydrogens (tertiary/aromatic N) is 1. The fourth-order valence-electron chi connectivity index (χ4n) is 3.43. The maximum Gasteiger partial charge on any atom is 0.0576 e. The number of hydrogen-bond donors (Lipinski definition) is 1. The molecule has 0 bridgehead atoms. The maximum absolute atomic E-state index is 4.36. The normalized spacial score (nSPS) is 18.1. The van der Waals surface area contributed by atoms with Crippen molar-refractivity contribution < 1.29 is 0 Å². The molecule has 0 spiro atoms. The Labute approximate surface area is 137 Å². The average Bonchev–Trinajstić information content (AvgIpc) is 2.44. The van der Waals surface area contributed by atoms with E-state index in [2.05, 4.69) is 83.4 Å². The van der Waals surface area contributed by atoms with Crippen molar-refractivity contribution in [3.8, 4) is 0 Å². The van der Waals surface area contributed by atoms with E-state index in [0.717, 1.165) is 18.5 Å². The molecule has 1 rings (SSSR count). The third kappa shape index (κ3) is 4.36. The third-order valence-electron chi connectivity index (χ3n) is 4.59. The third-order valence-corrected chi connectivity index (χ3v) is 4.59. The van der Waals surface area contributed by atoms with E-state index >= 15 is 0 Å². The zero-order valence-corrected chi connectivity index (χ0v) is 15.3. The van der Waals surface area contributed by atoms with Crippen LogP contribution < -0.4 is 5.32 Å². The standard InChI is InChI=1S/C20H34N2/c1-9-18(15(2)3)21-16(4)19(22(7)8)20(5,6)17-13-11-10-12-14-17/h9,11,13-15,18-19,21H,1,4,10,12H2,2-3,5-8H3. The first-order valence-corrected chi connectivity index (χ1v) is 8.33. The first kappa shape index (κ1) is 18.8. The van der Waals surface area contributed by atoms with Crippen molar-refractivity contribution in [2.45, 2.75) is 52.6 Å². The van der Waals surface area contributed by atoms with Gasteiger partial charge in [-0.05, 0) is 38.4 Å². The van der Waals surface area contributed by atoms with Gasteiger partial charge in [0.2, 0.25) is 0 Å². The van der Waals surface area contributed by atoms with Crippen molar-refractivity contribution in [1.29, 1.82) is 0 Å². The first-order valence-electron chi connectivity index (χ1n) is 8.33. The summed E-state index contributed by atoms with van der Waals surface area (Å²) in [6.07, 6.45) is 11.2. The quantitative estimate of drug-likeness (QED) is 0.663. The van der Waals surface area contributed by atoms with Crippen molar-refractivity contribution in [3.05, 3.63) is 48.7 Å². The molecule has 22 heavy (non-hydrogen) atoms. The van der Waals surface area contributed by atoms with E-state index in [1.165, 1.54) is 5.57 Å². The minimum atomic E-state index is 0.00715. The molecule has 0 saturated carbocycles. The highest BCUT2D eigenvalue weighted by atomic mass is 15.1. The Hall–Kier alpha value is -1.28.